The second kappa shape index (κ2) is 7.62. The summed E-state index contributed by atoms with van der Waals surface area (Å²) in [5.74, 6) is 0.173. The van der Waals surface area contributed by atoms with Crippen molar-refractivity contribution in [2.45, 2.75) is 25.8 Å². The van der Waals surface area contributed by atoms with E-state index in [2.05, 4.69) is 16.8 Å². The third kappa shape index (κ3) is 5.77. The average Bonchev–Trinajstić information content (AvgIpc) is 2.45. The maximum absolute atomic E-state index is 13.3. The predicted molar refractivity (Wildman–Crippen MR) is 93.1 cm³/mol. The van der Waals surface area contributed by atoms with Crippen LogP contribution in [0.2, 0.25) is 0 Å². The fourth-order valence-electron chi connectivity index (χ4n) is 3.45. The van der Waals surface area contributed by atoms with Gasteiger partial charge in [-0.2, -0.15) is 0 Å². The molecule has 1 fully saturated rings. The molecule has 0 bridgehead atoms. The molecular formula is C17H27FN2O2S. The molecule has 0 aromatic heterocycles. The Morgan fingerprint density at radius 2 is 2.00 bits per heavy atom. The molecule has 1 aromatic carbocycles. The molecule has 23 heavy (non-hydrogen) atoms. The van der Waals surface area contributed by atoms with Crippen LogP contribution in [-0.2, 0) is 9.84 Å². The predicted octanol–water partition coefficient (Wildman–Crippen LogP) is 2.41. The topological polar surface area (TPSA) is 40.6 Å². The molecule has 0 unspecified atom stereocenters. The lowest BCUT2D eigenvalue weighted by Gasteiger charge is -2.38. The van der Waals surface area contributed by atoms with E-state index in [4.69, 9.17) is 0 Å². The van der Waals surface area contributed by atoms with E-state index in [1.54, 1.807) is 12.1 Å². The number of benzene rings is 1. The molecule has 0 N–H and O–H groups in total. The van der Waals surface area contributed by atoms with E-state index in [0.717, 1.165) is 38.2 Å². The largest absolute Gasteiger partial charge is 0.371 e. The summed E-state index contributed by atoms with van der Waals surface area (Å²) in [5.41, 5.74) is 0.941. The van der Waals surface area contributed by atoms with E-state index in [9.17, 15) is 12.8 Å². The van der Waals surface area contributed by atoms with Gasteiger partial charge in [-0.25, -0.2) is 12.8 Å². The molecule has 6 heteroatoms. The molecule has 1 aromatic rings. The number of nitrogens with zero attached hydrogens (tertiary/aromatic N) is 2. The van der Waals surface area contributed by atoms with Gasteiger partial charge in [-0.05, 0) is 44.0 Å². The van der Waals surface area contributed by atoms with Gasteiger partial charge in [0, 0.05) is 37.6 Å². The number of halogens is 1. The van der Waals surface area contributed by atoms with E-state index in [0.29, 0.717) is 6.04 Å². The minimum atomic E-state index is -2.92. The lowest BCUT2D eigenvalue weighted by atomic mass is 10.0. The monoisotopic (exact) mass is 342 g/mol. The summed E-state index contributed by atoms with van der Waals surface area (Å²) in [6.45, 7) is 4.58. The molecule has 0 radical (unpaired) electrons. The van der Waals surface area contributed by atoms with E-state index < -0.39 is 9.84 Å². The number of piperidine rings is 1. The van der Waals surface area contributed by atoms with Gasteiger partial charge in [0.05, 0.1) is 5.75 Å². The van der Waals surface area contributed by atoms with Gasteiger partial charge in [-0.3, -0.25) is 0 Å². The quantitative estimate of drug-likeness (QED) is 0.796. The van der Waals surface area contributed by atoms with Gasteiger partial charge < -0.3 is 9.80 Å². The molecule has 1 atom stereocenters. The highest BCUT2D eigenvalue weighted by molar-refractivity contribution is 7.90. The highest BCUT2D eigenvalue weighted by atomic mass is 32.2. The van der Waals surface area contributed by atoms with Gasteiger partial charge >= 0.3 is 0 Å². The zero-order valence-corrected chi connectivity index (χ0v) is 15.0. The fourth-order valence-corrected chi connectivity index (χ4v) is 4.59. The lowest BCUT2D eigenvalue weighted by Crippen LogP contribution is -2.45. The summed E-state index contributed by atoms with van der Waals surface area (Å²) in [5, 5.41) is 0. The standard InChI is InChI=1S/C17H27FN2O2S/c1-14(13-23(3,21)22)12-19(2)16-7-9-20(10-8-16)17-6-4-5-15(18)11-17/h4-6,11,14,16H,7-10,12-13H2,1-3H3/t14-/m0/s1. The zero-order valence-electron chi connectivity index (χ0n) is 14.2. The highest BCUT2D eigenvalue weighted by Gasteiger charge is 2.24. The Labute approximate surface area is 139 Å². The van der Waals surface area contributed by atoms with Crippen LogP contribution < -0.4 is 4.90 Å². The van der Waals surface area contributed by atoms with Crippen LogP contribution in [0.15, 0.2) is 24.3 Å². The molecule has 1 aliphatic rings. The SMILES string of the molecule is C[C@@H](CN(C)C1CCN(c2cccc(F)c2)CC1)CS(C)(=O)=O. The van der Waals surface area contributed by atoms with Crippen molar-refractivity contribution in [1.29, 1.82) is 0 Å². The van der Waals surface area contributed by atoms with Gasteiger partial charge in [0.2, 0.25) is 0 Å². The van der Waals surface area contributed by atoms with Crippen molar-refractivity contribution in [2.24, 2.45) is 5.92 Å². The molecule has 0 spiro atoms. The van der Waals surface area contributed by atoms with E-state index >= 15 is 0 Å². The van der Waals surface area contributed by atoms with Gasteiger partial charge in [0.25, 0.3) is 0 Å². The Kier molecular flexibility index (Phi) is 6.03. The minimum absolute atomic E-state index is 0.135. The minimum Gasteiger partial charge on any atom is -0.371 e. The molecular weight excluding hydrogens is 315 g/mol. The van der Waals surface area contributed by atoms with Gasteiger partial charge in [-0.1, -0.05) is 13.0 Å². The Balaban J connectivity index is 1.84. The number of hydrogen-bond donors (Lipinski definition) is 0. The number of rotatable bonds is 6. The third-order valence-corrected chi connectivity index (χ3v) is 5.62. The van der Waals surface area contributed by atoms with Crippen molar-refractivity contribution in [1.82, 2.24) is 4.90 Å². The third-order valence-electron chi connectivity index (χ3n) is 4.45. The van der Waals surface area contributed by atoms with E-state index in [1.807, 2.05) is 13.0 Å². The van der Waals surface area contributed by atoms with Crippen LogP contribution in [0.3, 0.4) is 0 Å². The van der Waals surface area contributed by atoms with Gasteiger partial charge in [0.1, 0.15) is 15.7 Å². The normalized spacial score (nSPS) is 18.4. The van der Waals surface area contributed by atoms with Crippen molar-refractivity contribution in [3.8, 4) is 0 Å². The van der Waals surface area contributed by atoms with Crippen LogP contribution in [0.5, 0.6) is 0 Å². The van der Waals surface area contributed by atoms with Crippen LogP contribution in [0.1, 0.15) is 19.8 Å². The number of sulfone groups is 1. The summed E-state index contributed by atoms with van der Waals surface area (Å²) < 4.78 is 36.1. The number of hydrogen-bond acceptors (Lipinski definition) is 4. The van der Waals surface area contributed by atoms with Gasteiger partial charge in [-0.15, -0.1) is 0 Å². The smallest absolute Gasteiger partial charge is 0.147 e. The summed E-state index contributed by atoms with van der Waals surface area (Å²) in [4.78, 5) is 4.49. The lowest BCUT2D eigenvalue weighted by molar-refractivity contribution is 0.189. The van der Waals surface area contributed by atoms with Crippen molar-refractivity contribution in [2.75, 3.05) is 43.6 Å². The molecule has 1 aliphatic heterocycles. The molecule has 2 rings (SSSR count). The first-order chi connectivity index (χ1) is 10.7. The first-order valence-corrected chi connectivity index (χ1v) is 10.2. The molecule has 130 valence electrons. The summed E-state index contributed by atoms with van der Waals surface area (Å²) >= 11 is 0. The fraction of sp³-hybridized carbons (Fsp3) is 0.647. The Bertz CT molecular complexity index is 613. The maximum atomic E-state index is 13.3. The van der Waals surface area contributed by atoms with Crippen molar-refractivity contribution in [3.63, 3.8) is 0 Å². The Morgan fingerprint density at radius 1 is 1.35 bits per heavy atom. The first-order valence-electron chi connectivity index (χ1n) is 8.13. The molecule has 0 amide bonds. The molecule has 0 saturated carbocycles. The van der Waals surface area contributed by atoms with Crippen LogP contribution in [-0.4, -0.2) is 58.1 Å². The summed E-state index contributed by atoms with van der Waals surface area (Å²) in [7, 11) is -0.848. The van der Waals surface area contributed by atoms with E-state index in [-0.39, 0.29) is 17.5 Å². The average molecular weight is 342 g/mol. The summed E-state index contributed by atoms with van der Waals surface area (Å²) in [6.07, 6.45) is 3.32. The second-order valence-corrected chi connectivity index (χ2v) is 9.02. The van der Waals surface area contributed by atoms with E-state index in [1.165, 1.54) is 12.3 Å². The van der Waals surface area contributed by atoms with Crippen LogP contribution >= 0.6 is 0 Å². The van der Waals surface area contributed by atoms with Crippen molar-refractivity contribution >= 4 is 15.5 Å². The molecule has 1 saturated heterocycles. The van der Waals surface area contributed by atoms with Crippen molar-refractivity contribution in [3.05, 3.63) is 30.1 Å². The van der Waals surface area contributed by atoms with Crippen LogP contribution in [0, 0.1) is 11.7 Å². The summed E-state index contributed by atoms with van der Waals surface area (Å²) in [6, 6.07) is 7.20. The maximum Gasteiger partial charge on any atom is 0.147 e. The Hall–Kier alpha value is -1.14. The molecule has 4 nitrogen and oxygen atoms in total. The highest BCUT2D eigenvalue weighted by Crippen LogP contribution is 2.23. The van der Waals surface area contributed by atoms with Crippen molar-refractivity contribution < 1.29 is 12.8 Å². The van der Waals surface area contributed by atoms with Gasteiger partial charge in [0.15, 0.2) is 0 Å². The first kappa shape index (κ1) is 18.2. The molecule has 1 heterocycles. The molecule has 0 aliphatic carbocycles. The number of anilines is 1. The van der Waals surface area contributed by atoms with Crippen LogP contribution in [0.25, 0.3) is 0 Å². The zero-order chi connectivity index (χ0) is 17.0. The van der Waals surface area contributed by atoms with Crippen LogP contribution in [0.4, 0.5) is 10.1 Å². The second-order valence-electron chi connectivity index (χ2n) is 6.84. The Morgan fingerprint density at radius 3 is 2.57 bits per heavy atom.